The van der Waals surface area contributed by atoms with Crippen molar-refractivity contribution in [1.29, 1.82) is 0 Å². The minimum Gasteiger partial charge on any atom is -0.504 e. The number of methoxy groups -OCH3 is 1. The van der Waals surface area contributed by atoms with Crippen molar-refractivity contribution < 1.29 is 19.3 Å². The minimum atomic E-state index is -0.582. The highest BCUT2D eigenvalue weighted by molar-refractivity contribution is 7.98. The number of nitrogens with one attached hydrogen (secondary N) is 1. The van der Waals surface area contributed by atoms with Gasteiger partial charge in [-0.25, -0.2) is 10.1 Å². The summed E-state index contributed by atoms with van der Waals surface area (Å²) in [5.74, 6) is 0.180. The van der Waals surface area contributed by atoms with Gasteiger partial charge in [0, 0.05) is 10.6 Å². The number of benzene rings is 2. The van der Waals surface area contributed by atoms with Crippen molar-refractivity contribution in [2.24, 2.45) is 5.10 Å². The van der Waals surface area contributed by atoms with E-state index in [0.29, 0.717) is 17.0 Å². The summed E-state index contributed by atoms with van der Waals surface area (Å²) in [6.45, 7) is 0. The number of carbonyl (C=O) groups is 1. The molecule has 1 amide bonds. The van der Waals surface area contributed by atoms with Crippen LogP contribution in [0, 0.1) is 0 Å². The number of aromatic nitrogens is 5. The van der Waals surface area contributed by atoms with Crippen LogP contribution >= 0.6 is 11.8 Å². The Morgan fingerprint density at radius 3 is 2.85 bits per heavy atom. The molecule has 0 spiro atoms. The lowest BCUT2D eigenvalue weighted by atomic mass is 10.2. The average Bonchev–Trinajstić information content (AvgIpc) is 3.45. The van der Waals surface area contributed by atoms with Gasteiger partial charge in [0.1, 0.15) is 0 Å². The second kappa shape index (κ2) is 9.82. The standard InChI is InChI=1S/C20H18N8O4S/c1-31-16-9-12(7-8-15(16)29)10-22-24-20(30)17-14(11-33-13-5-3-2-4-6-13)28(27-23-17)19-18(21)25-32-26-19/h2-10,29H,11H2,1H3,(H2,21,25)(H,24,30). The number of anilines is 1. The molecule has 33 heavy (non-hydrogen) atoms. The summed E-state index contributed by atoms with van der Waals surface area (Å²) in [7, 11) is 1.44. The quantitative estimate of drug-likeness (QED) is 0.198. The van der Waals surface area contributed by atoms with Gasteiger partial charge in [-0.15, -0.1) is 16.9 Å². The smallest absolute Gasteiger partial charge is 0.293 e. The summed E-state index contributed by atoms with van der Waals surface area (Å²) >= 11 is 1.48. The van der Waals surface area contributed by atoms with Crippen molar-refractivity contribution in [3.05, 3.63) is 65.5 Å². The molecule has 13 heteroatoms. The van der Waals surface area contributed by atoms with E-state index in [9.17, 15) is 9.90 Å². The number of hydrazone groups is 1. The number of phenols is 1. The number of nitrogen functional groups attached to an aromatic ring is 1. The second-order valence-electron chi connectivity index (χ2n) is 6.50. The van der Waals surface area contributed by atoms with Crippen LogP contribution in [0.1, 0.15) is 21.7 Å². The Morgan fingerprint density at radius 1 is 1.30 bits per heavy atom. The molecule has 0 radical (unpaired) electrons. The van der Waals surface area contributed by atoms with Crippen molar-refractivity contribution >= 4 is 29.7 Å². The molecular weight excluding hydrogens is 448 g/mol. The molecule has 2 aromatic heterocycles. The fraction of sp³-hybridized carbons (Fsp3) is 0.100. The van der Waals surface area contributed by atoms with Crippen LogP contribution in [0.4, 0.5) is 5.82 Å². The topological polar surface area (TPSA) is 167 Å². The van der Waals surface area contributed by atoms with E-state index in [1.54, 1.807) is 12.1 Å². The minimum absolute atomic E-state index is 0.00234. The van der Waals surface area contributed by atoms with E-state index in [1.165, 1.54) is 35.8 Å². The maximum absolute atomic E-state index is 12.8. The van der Waals surface area contributed by atoms with Gasteiger partial charge in [0.2, 0.25) is 11.6 Å². The van der Waals surface area contributed by atoms with Crippen LogP contribution in [0.15, 0.2) is 63.2 Å². The Labute approximate surface area is 191 Å². The third-order valence-corrected chi connectivity index (χ3v) is 5.40. The Kier molecular flexibility index (Phi) is 6.50. The van der Waals surface area contributed by atoms with Gasteiger partial charge in [-0.1, -0.05) is 23.4 Å². The molecule has 4 aromatic rings. The first-order valence-electron chi connectivity index (χ1n) is 9.48. The summed E-state index contributed by atoms with van der Waals surface area (Å²) in [6.07, 6.45) is 1.40. The molecule has 0 atom stereocenters. The van der Waals surface area contributed by atoms with Crippen LogP contribution < -0.4 is 15.9 Å². The van der Waals surface area contributed by atoms with E-state index in [0.717, 1.165) is 4.90 Å². The van der Waals surface area contributed by atoms with E-state index in [4.69, 9.17) is 10.5 Å². The number of rotatable bonds is 8. The molecule has 0 aliphatic heterocycles. The van der Waals surface area contributed by atoms with Crippen LogP contribution in [-0.4, -0.2) is 49.6 Å². The zero-order chi connectivity index (χ0) is 23.2. The highest BCUT2D eigenvalue weighted by atomic mass is 32.2. The van der Waals surface area contributed by atoms with Gasteiger partial charge in [-0.3, -0.25) is 4.79 Å². The molecular formula is C20H18N8O4S. The van der Waals surface area contributed by atoms with Gasteiger partial charge in [0.05, 0.1) is 19.0 Å². The average molecular weight is 466 g/mol. The molecule has 0 bridgehead atoms. The predicted molar refractivity (Wildman–Crippen MR) is 119 cm³/mol. The van der Waals surface area contributed by atoms with Crippen LogP contribution in [0.2, 0.25) is 0 Å². The Bertz CT molecular complexity index is 1290. The molecule has 168 valence electrons. The number of aromatic hydroxyl groups is 1. The largest absolute Gasteiger partial charge is 0.504 e. The number of hydrogen-bond acceptors (Lipinski definition) is 11. The molecule has 0 saturated heterocycles. The molecule has 0 fully saturated rings. The molecule has 0 aliphatic carbocycles. The molecule has 0 aliphatic rings. The number of amides is 1. The van der Waals surface area contributed by atoms with Crippen molar-refractivity contribution in [2.75, 3.05) is 12.8 Å². The van der Waals surface area contributed by atoms with Gasteiger partial charge in [0.15, 0.2) is 17.2 Å². The normalized spacial score (nSPS) is 11.1. The highest BCUT2D eigenvalue weighted by Gasteiger charge is 2.24. The van der Waals surface area contributed by atoms with Gasteiger partial charge in [-0.2, -0.15) is 9.78 Å². The summed E-state index contributed by atoms with van der Waals surface area (Å²) in [5, 5.41) is 28.9. The van der Waals surface area contributed by atoms with Crippen LogP contribution in [0.3, 0.4) is 0 Å². The molecule has 0 unspecified atom stereocenters. The summed E-state index contributed by atoms with van der Waals surface area (Å²) in [5.41, 5.74) is 9.31. The molecule has 4 rings (SSSR count). The summed E-state index contributed by atoms with van der Waals surface area (Å²) < 4.78 is 11.0. The molecule has 4 N–H and O–H groups in total. The summed E-state index contributed by atoms with van der Waals surface area (Å²) in [6, 6.07) is 14.3. The highest BCUT2D eigenvalue weighted by Crippen LogP contribution is 2.26. The van der Waals surface area contributed by atoms with E-state index >= 15 is 0 Å². The first-order valence-corrected chi connectivity index (χ1v) is 10.5. The molecule has 0 saturated carbocycles. The Hall–Kier alpha value is -4.39. The Morgan fingerprint density at radius 2 is 2.12 bits per heavy atom. The summed E-state index contributed by atoms with van der Waals surface area (Å²) in [4.78, 5) is 13.8. The molecule has 12 nitrogen and oxygen atoms in total. The fourth-order valence-electron chi connectivity index (χ4n) is 2.78. The second-order valence-corrected chi connectivity index (χ2v) is 7.55. The number of thioether (sulfide) groups is 1. The van der Waals surface area contributed by atoms with Crippen LogP contribution in [-0.2, 0) is 5.75 Å². The van der Waals surface area contributed by atoms with E-state index in [2.05, 4.69) is 35.8 Å². The van der Waals surface area contributed by atoms with Crippen molar-refractivity contribution in [1.82, 2.24) is 30.7 Å². The first kappa shape index (κ1) is 21.8. The lowest BCUT2D eigenvalue weighted by molar-refractivity contribution is 0.0949. The maximum atomic E-state index is 12.8. The first-order chi connectivity index (χ1) is 16.1. The third-order valence-electron chi connectivity index (χ3n) is 4.38. The lowest BCUT2D eigenvalue weighted by Crippen LogP contribution is -2.20. The molecule has 2 heterocycles. The number of nitrogens with two attached hydrogens (primary N) is 1. The fourth-order valence-corrected chi connectivity index (χ4v) is 3.69. The van der Waals surface area contributed by atoms with Gasteiger partial charge < -0.3 is 15.6 Å². The number of nitrogens with zero attached hydrogens (tertiary/aromatic N) is 6. The van der Waals surface area contributed by atoms with Gasteiger partial charge in [-0.05, 0) is 46.2 Å². The predicted octanol–water partition coefficient (Wildman–Crippen LogP) is 2.00. The Balaban J connectivity index is 1.56. The lowest BCUT2D eigenvalue weighted by Gasteiger charge is -2.06. The van der Waals surface area contributed by atoms with Crippen LogP contribution in [0.25, 0.3) is 5.82 Å². The third kappa shape index (κ3) is 4.93. The van der Waals surface area contributed by atoms with Gasteiger partial charge >= 0.3 is 0 Å². The SMILES string of the molecule is COc1cc(C=NNC(=O)c2nnn(-c3nonc3N)c2CSc2ccccc2)ccc1O. The zero-order valence-electron chi connectivity index (χ0n) is 17.2. The van der Waals surface area contributed by atoms with E-state index in [-0.39, 0.29) is 28.8 Å². The van der Waals surface area contributed by atoms with Crippen LogP contribution in [0.5, 0.6) is 11.5 Å². The number of carbonyl (C=O) groups excluding carboxylic acids is 1. The monoisotopic (exact) mass is 466 g/mol. The number of hydrogen-bond donors (Lipinski definition) is 3. The van der Waals surface area contributed by atoms with Crippen molar-refractivity contribution in [3.8, 4) is 17.3 Å². The number of ether oxygens (including phenoxy) is 1. The van der Waals surface area contributed by atoms with Crippen molar-refractivity contribution in [2.45, 2.75) is 10.6 Å². The van der Waals surface area contributed by atoms with Crippen molar-refractivity contribution in [3.63, 3.8) is 0 Å². The van der Waals surface area contributed by atoms with Gasteiger partial charge in [0.25, 0.3) is 5.91 Å². The molecule has 2 aromatic carbocycles. The maximum Gasteiger partial charge on any atom is 0.293 e. The number of phenolic OH excluding ortho intramolecular Hbond substituents is 1. The van der Waals surface area contributed by atoms with E-state index < -0.39 is 5.91 Å². The van der Waals surface area contributed by atoms with E-state index in [1.807, 2.05) is 30.3 Å². The zero-order valence-corrected chi connectivity index (χ0v) is 18.1.